The third-order valence-electron chi connectivity index (χ3n) is 2.29. The van der Waals surface area contributed by atoms with Gasteiger partial charge < -0.3 is 10.0 Å². The second-order valence-corrected chi connectivity index (χ2v) is 5.30. The van der Waals surface area contributed by atoms with E-state index in [0.717, 1.165) is 5.56 Å². The molecule has 2 rings (SSSR count). The number of halogens is 1. The lowest BCUT2D eigenvalue weighted by Crippen LogP contribution is -2.08. The molecule has 0 fully saturated rings. The molecule has 2 aromatic rings. The first-order valence-corrected chi connectivity index (χ1v) is 6.36. The summed E-state index contributed by atoms with van der Waals surface area (Å²) in [5.41, 5.74) is 0.830. The molecule has 1 aromatic carbocycles. The van der Waals surface area contributed by atoms with Crippen LogP contribution >= 0.6 is 22.9 Å². The van der Waals surface area contributed by atoms with Gasteiger partial charge in [0, 0.05) is 19.1 Å². The summed E-state index contributed by atoms with van der Waals surface area (Å²) in [6.45, 7) is 0. The van der Waals surface area contributed by atoms with Gasteiger partial charge in [0.1, 0.15) is 0 Å². The Bertz CT molecular complexity index is 596. The van der Waals surface area contributed by atoms with Crippen LogP contribution in [0.25, 0.3) is 10.4 Å². The predicted molar refractivity (Wildman–Crippen MR) is 73.8 cm³/mol. The quantitative estimate of drug-likeness (QED) is 0.939. The van der Waals surface area contributed by atoms with Gasteiger partial charge in [-0.15, -0.1) is 0 Å². The zero-order valence-electron chi connectivity index (χ0n) is 9.85. The molecule has 18 heavy (non-hydrogen) atoms. The molecule has 4 nitrogen and oxygen atoms in total. The van der Waals surface area contributed by atoms with E-state index in [4.69, 9.17) is 11.6 Å². The van der Waals surface area contributed by atoms with Gasteiger partial charge in [-0.3, -0.25) is 0 Å². The number of carboxylic acids is 1. The minimum atomic E-state index is -1.03. The van der Waals surface area contributed by atoms with Crippen molar-refractivity contribution in [2.75, 3.05) is 19.0 Å². The number of carboxylic acid groups (broad SMARTS) is 1. The number of carbonyl (C=O) groups is 1. The number of nitrogens with zero attached hydrogens (tertiary/aromatic N) is 2. The summed E-state index contributed by atoms with van der Waals surface area (Å²) < 4.78 is 0. The standard InChI is InChI=1S/C12H11ClN2O2S/c1-15(2)12-14-9(11(16)17)10(18-12)7-4-3-5-8(13)6-7/h3-6H,1-2H3,(H,16,17). The number of thiazole rings is 1. The summed E-state index contributed by atoms with van der Waals surface area (Å²) in [5, 5.41) is 10.4. The van der Waals surface area contributed by atoms with Gasteiger partial charge in [0.25, 0.3) is 0 Å². The number of rotatable bonds is 3. The smallest absolute Gasteiger partial charge is 0.356 e. The van der Waals surface area contributed by atoms with Crippen molar-refractivity contribution >= 4 is 34.0 Å². The highest BCUT2D eigenvalue weighted by molar-refractivity contribution is 7.19. The summed E-state index contributed by atoms with van der Waals surface area (Å²) in [6, 6.07) is 7.10. The Morgan fingerprint density at radius 1 is 1.44 bits per heavy atom. The molecule has 0 saturated carbocycles. The fourth-order valence-electron chi connectivity index (χ4n) is 1.47. The highest BCUT2D eigenvalue weighted by Gasteiger charge is 2.19. The van der Waals surface area contributed by atoms with Crippen molar-refractivity contribution in [3.05, 3.63) is 35.0 Å². The first-order chi connectivity index (χ1) is 8.49. The summed E-state index contributed by atoms with van der Waals surface area (Å²) in [6.07, 6.45) is 0. The van der Waals surface area contributed by atoms with Gasteiger partial charge in [-0.05, 0) is 17.7 Å². The first-order valence-electron chi connectivity index (χ1n) is 5.16. The molecular formula is C12H11ClN2O2S. The number of aromatic carboxylic acids is 1. The van der Waals surface area contributed by atoms with Crippen LogP contribution < -0.4 is 4.90 Å². The van der Waals surface area contributed by atoms with Gasteiger partial charge in [-0.1, -0.05) is 35.1 Å². The average molecular weight is 283 g/mol. The van der Waals surface area contributed by atoms with Crippen molar-refractivity contribution in [3.8, 4) is 10.4 Å². The molecule has 0 atom stereocenters. The van der Waals surface area contributed by atoms with E-state index in [-0.39, 0.29) is 5.69 Å². The minimum absolute atomic E-state index is 0.0611. The van der Waals surface area contributed by atoms with E-state index in [1.54, 1.807) is 23.1 Å². The third-order valence-corrected chi connectivity index (χ3v) is 3.80. The van der Waals surface area contributed by atoms with Crippen LogP contribution in [0.2, 0.25) is 5.02 Å². The van der Waals surface area contributed by atoms with Crippen LogP contribution in [0.5, 0.6) is 0 Å². The maximum absolute atomic E-state index is 11.2. The summed E-state index contributed by atoms with van der Waals surface area (Å²) in [7, 11) is 3.65. The Labute approximate surface area is 113 Å². The maximum Gasteiger partial charge on any atom is 0.356 e. The lowest BCUT2D eigenvalue weighted by Gasteiger charge is -2.05. The Morgan fingerprint density at radius 3 is 2.72 bits per heavy atom. The molecule has 0 aliphatic heterocycles. The van der Waals surface area contributed by atoms with Crippen molar-refractivity contribution in [1.82, 2.24) is 4.98 Å². The van der Waals surface area contributed by atoms with Crippen LogP contribution in [-0.4, -0.2) is 30.2 Å². The zero-order valence-corrected chi connectivity index (χ0v) is 11.4. The van der Waals surface area contributed by atoms with Crippen LogP contribution in [0, 0.1) is 0 Å². The van der Waals surface area contributed by atoms with Crippen LogP contribution in [0.15, 0.2) is 24.3 Å². The summed E-state index contributed by atoms with van der Waals surface area (Å²) in [5.74, 6) is -1.03. The van der Waals surface area contributed by atoms with Crippen LogP contribution in [0.1, 0.15) is 10.5 Å². The van der Waals surface area contributed by atoms with Crippen LogP contribution in [0.4, 0.5) is 5.13 Å². The highest BCUT2D eigenvalue weighted by Crippen LogP contribution is 2.35. The van der Waals surface area contributed by atoms with Crippen molar-refractivity contribution < 1.29 is 9.90 Å². The molecule has 0 bridgehead atoms. The minimum Gasteiger partial charge on any atom is -0.476 e. The molecule has 1 heterocycles. The molecule has 0 saturated heterocycles. The normalized spacial score (nSPS) is 10.4. The molecule has 0 aliphatic carbocycles. The number of anilines is 1. The fraction of sp³-hybridized carbons (Fsp3) is 0.167. The number of hydrogen-bond donors (Lipinski definition) is 1. The van der Waals surface area contributed by atoms with E-state index >= 15 is 0 Å². The van der Waals surface area contributed by atoms with E-state index in [0.29, 0.717) is 15.0 Å². The highest BCUT2D eigenvalue weighted by atomic mass is 35.5. The summed E-state index contributed by atoms with van der Waals surface area (Å²) in [4.78, 5) is 17.7. The molecule has 1 aromatic heterocycles. The topological polar surface area (TPSA) is 53.4 Å². The van der Waals surface area contributed by atoms with Crippen molar-refractivity contribution in [3.63, 3.8) is 0 Å². The average Bonchev–Trinajstić information content (AvgIpc) is 2.73. The Kier molecular flexibility index (Phi) is 3.54. The summed E-state index contributed by atoms with van der Waals surface area (Å²) >= 11 is 7.26. The van der Waals surface area contributed by atoms with Gasteiger partial charge >= 0.3 is 5.97 Å². The van der Waals surface area contributed by atoms with Gasteiger partial charge in [-0.2, -0.15) is 0 Å². The van der Waals surface area contributed by atoms with E-state index in [2.05, 4.69) is 4.98 Å². The van der Waals surface area contributed by atoms with E-state index in [9.17, 15) is 9.90 Å². The lowest BCUT2D eigenvalue weighted by molar-refractivity contribution is 0.0692. The Hall–Kier alpha value is -1.59. The molecule has 0 amide bonds. The zero-order chi connectivity index (χ0) is 13.3. The molecule has 6 heteroatoms. The van der Waals surface area contributed by atoms with Crippen LogP contribution in [0.3, 0.4) is 0 Å². The molecule has 0 aliphatic rings. The SMILES string of the molecule is CN(C)c1nc(C(=O)O)c(-c2cccc(Cl)c2)s1. The third kappa shape index (κ3) is 2.47. The molecule has 1 N–H and O–H groups in total. The van der Waals surface area contributed by atoms with Gasteiger partial charge in [-0.25, -0.2) is 9.78 Å². The van der Waals surface area contributed by atoms with Gasteiger partial charge in [0.15, 0.2) is 10.8 Å². The molecule has 0 spiro atoms. The second kappa shape index (κ2) is 4.96. The monoisotopic (exact) mass is 282 g/mol. The van der Waals surface area contributed by atoms with Gasteiger partial charge in [0.2, 0.25) is 0 Å². The maximum atomic E-state index is 11.2. The largest absolute Gasteiger partial charge is 0.476 e. The van der Waals surface area contributed by atoms with E-state index < -0.39 is 5.97 Å². The Balaban J connectivity index is 2.58. The van der Waals surface area contributed by atoms with Crippen molar-refractivity contribution in [2.24, 2.45) is 0 Å². The Morgan fingerprint density at radius 2 is 2.17 bits per heavy atom. The molecule has 94 valence electrons. The van der Waals surface area contributed by atoms with Crippen molar-refractivity contribution in [1.29, 1.82) is 0 Å². The molecule has 0 unspecified atom stereocenters. The first kappa shape index (κ1) is 12.9. The second-order valence-electron chi connectivity index (χ2n) is 3.88. The van der Waals surface area contributed by atoms with E-state index in [1.165, 1.54) is 11.3 Å². The van der Waals surface area contributed by atoms with Crippen LogP contribution in [-0.2, 0) is 0 Å². The number of hydrogen-bond acceptors (Lipinski definition) is 4. The number of benzene rings is 1. The number of aromatic nitrogens is 1. The fourth-order valence-corrected chi connectivity index (χ4v) is 2.64. The van der Waals surface area contributed by atoms with E-state index in [1.807, 2.05) is 20.2 Å². The molecular weight excluding hydrogens is 272 g/mol. The molecule has 0 radical (unpaired) electrons. The lowest BCUT2D eigenvalue weighted by atomic mass is 10.1. The van der Waals surface area contributed by atoms with Gasteiger partial charge in [0.05, 0.1) is 4.88 Å². The predicted octanol–water partition coefficient (Wildman–Crippen LogP) is 3.23. The van der Waals surface area contributed by atoms with Crippen molar-refractivity contribution in [2.45, 2.75) is 0 Å².